The maximum absolute atomic E-state index is 11.4. The average Bonchev–Trinajstić information content (AvgIpc) is 2.32. The molecule has 2 heterocycles. The minimum Gasteiger partial charge on any atom is -0.355 e. The van der Waals surface area contributed by atoms with Gasteiger partial charge in [-0.05, 0) is 19.2 Å². The normalized spacial score (nSPS) is 18.9. The quantitative estimate of drug-likeness (QED) is 0.887. The van der Waals surface area contributed by atoms with Crippen molar-refractivity contribution in [1.82, 2.24) is 10.3 Å². The van der Waals surface area contributed by atoms with E-state index in [0.717, 1.165) is 11.5 Å². The van der Waals surface area contributed by atoms with Gasteiger partial charge in [0.15, 0.2) is 9.84 Å². The second kappa shape index (κ2) is 5.42. The van der Waals surface area contributed by atoms with E-state index in [1.165, 1.54) is 0 Å². The van der Waals surface area contributed by atoms with Gasteiger partial charge in [0.05, 0.1) is 22.2 Å². The van der Waals surface area contributed by atoms with E-state index in [4.69, 9.17) is 11.6 Å². The summed E-state index contributed by atoms with van der Waals surface area (Å²) in [5.74, 6) is 1.18. The number of nitrogens with one attached hydrogen (secondary N) is 1. The summed E-state index contributed by atoms with van der Waals surface area (Å²) in [5.41, 5.74) is 0.782. The summed E-state index contributed by atoms with van der Waals surface area (Å²) in [4.78, 5) is 6.45. The molecule has 1 aliphatic heterocycles. The molecule has 0 saturated carbocycles. The van der Waals surface area contributed by atoms with Crippen LogP contribution in [0.3, 0.4) is 0 Å². The number of hydrogen-bond acceptors (Lipinski definition) is 5. The smallest absolute Gasteiger partial charge is 0.153 e. The molecule has 1 aromatic rings. The van der Waals surface area contributed by atoms with Crippen LogP contribution in [0.1, 0.15) is 5.69 Å². The van der Waals surface area contributed by atoms with E-state index < -0.39 is 9.84 Å². The molecule has 1 fully saturated rings. The molecule has 0 amide bonds. The minimum absolute atomic E-state index is 0.193. The van der Waals surface area contributed by atoms with Gasteiger partial charge in [-0.25, -0.2) is 13.4 Å². The molecular weight excluding hydrogens is 274 g/mol. The largest absolute Gasteiger partial charge is 0.355 e. The second-order valence-corrected chi connectivity index (χ2v) is 6.98. The first-order chi connectivity index (χ1) is 8.52. The third-order valence-corrected chi connectivity index (χ3v) is 4.87. The van der Waals surface area contributed by atoms with E-state index in [0.29, 0.717) is 24.7 Å². The van der Waals surface area contributed by atoms with E-state index in [1.807, 2.05) is 18.0 Å². The fourth-order valence-electron chi connectivity index (χ4n) is 1.88. The Morgan fingerprint density at radius 2 is 2.06 bits per heavy atom. The lowest BCUT2D eigenvalue weighted by atomic mass is 10.3. The van der Waals surface area contributed by atoms with Crippen LogP contribution >= 0.6 is 11.6 Å². The van der Waals surface area contributed by atoms with Crippen molar-refractivity contribution >= 4 is 27.3 Å². The van der Waals surface area contributed by atoms with Crippen molar-refractivity contribution in [2.45, 2.75) is 6.54 Å². The standard InChI is InChI=1S/C11H16ClN3O2S/c1-13-8-10-9(12)2-3-11(14-10)15-4-6-18(16,17)7-5-15/h2-3,13H,4-8H2,1H3. The van der Waals surface area contributed by atoms with Gasteiger partial charge in [0, 0.05) is 19.6 Å². The molecule has 0 bridgehead atoms. The lowest BCUT2D eigenvalue weighted by Crippen LogP contribution is -2.40. The topological polar surface area (TPSA) is 62.3 Å². The Hall–Kier alpha value is -0.850. The Labute approximate surface area is 112 Å². The van der Waals surface area contributed by atoms with Crippen molar-refractivity contribution in [2.24, 2.45) is 0 Å². The number of hydrogen-bond donors (Lipinski definition) is 1. The second-order valence-electron chi connectivity index (χ2n) is 4.27. The molecule has 0 aromatic carbocycles. The summed E-state index contributed by atoms with van der Waals surface area (Å²) in [7, 11) is -1.03. The van der Waals surface area contributed by atoms with E-state index in [9.17, 15) is 8.42 Å². The Morgan fingerprint density at radius 3 is 2.67 bits per heavy atom. The highest BCUT2D eigenvalue weighted by Crippen LogP contribution is 2.20. The lowest BCUT2D eigenvalue weighted by Gasteiger charge is -2.28. The van der Waals surface area contributed by atoms with Crippen molar-refractivity contribution in [3.63, 3.8) is 0 Å². The molecule has 1 saturated heterocycles. The van der Waals surface area contributed by atoms with Gasteiger partial charge in [-0.15, -0.1) is 0 Å². The molecule has 2 rings (SSSR count). The Bertz CT molecular complexity index is 519. The van der Waals surface area contributed by atoms with Gasteiger partial charge < -0.3 is 10.2 Å². The molecule has 0 atom stereocenters. The number of halogens is 1. The fourth-order valence-corrected chi connectivity index (χ4v) is 3.26. The SMILES string of the molecule is CNCc1nc(N2CCS(=O)(=O)CC2)ccc1Cl. The van der Waals surface area contributed by atoms with Crippen LogP contribution < -0.4 is 10.2 Å². The van der Waals surface area contributed by atoms with Crippen molar-refractivity contribution < 1.29 is 8.42 Å². The molecule has 1 N–H and O–H groups in total. The summed E-state index contributed by atoms with van der Waals surface area (Å²) in [6, 6.07) is 3.64. The number of rotatable bonds is 3. The molecule has 0 spiro atoms. The van der Waals surface area contributed by atoms with Crippen LogP contribution in [0.25, 0.3) is 0 Å². The zero-order chi connectivity index (χ0) is 13.2. The van der Waals surface area contributed by atoms with Gasteiger partial charge >= 0.3 is 0 Å². The Balaban J connectivity index is 2.17. The van der Waals surface area contributed by atoms with Gasteiger partial charge in [-0.2, -0.15) is 0 Å². The van der Waals surface area contributed by atoms with Crippen LogP contribution in [-0.2, 0) is 16.4 Å². The van der Waals surface area contributed by atoms with Crippen LogP contribution in [0.2, 0.25) is 5.02 Å². The highest BCUT2D eigenvalue weighted by Gasteiger charge is 2.22. The van der Waals surface area contributed by atoms with Gasteiger partial charge in [0.1, 0.15) is 5.82 Å². The van der Waals surface area contributed by atoms with Gasteiger partial charge in [-0.3, -0.25) is 0 Å². The Kier molecular flexibility index (Phi) is 4.09. The third-order valence-electron chi connectivity index (χ3n) is 2.92. The van der Waals surface area contributed by atoms with Crippen LogP contribution in [0.15, 0.2) is 12.1 Å². The number of aromatic nitrogens is 1. The zero-order valence-electron chi connectivity index (χ0n) is 10.2. The molecule has 5 nitrogen and oxygen atoms in total. The Morgan fingerprint density at radius 1 is 1.39 bits per heavy atom. The van der Waals surface area contributed by atoms with E-state index in [2.05, 4.69) is 10.3 Å². The highest BCUT2D eigenvalue weighted by molar-refractivity contribution is 7.91. The van der Waals surface area contributed by atoms with Crippen LogP contribution in [-0.4, -0.2) is 45.0 Å². The number of anilines is 1. The summed E-state index contributed by atoms with van der Waals surface area (Å²) in [6.45, 7) is 1.59. The van der Waals surface area contributed by atoms with Crippen molar-refractivity contribution in [2.75, 3.05) is 36.5 Å². The van der Waals surface area contributed by atoms with Crippen LogP contribution in [0.5, 0.6) is 0 Å². The van der Waals surface area contributed by atoms with Gasteiger partial charge in [0.2, 0.25) is 0 Å². The first-order valence-corrected chi connectivity index (χ1v) is 7.97. The van der Waals surface area contributed by atoms with E-state index in [1.54, 1.807) is 6.07 Å². The average molecular weight is 290 g/mol. The molecule has 100 valence electrons. The number of nitrogens with zero attached hydrogens (tertiary/aromatic N) is 2. The summed E-state index contributed by atoms with van der Waals surface area (Å²) < 4.78 is 22.7. The third kappa shape index (κ3) is 3.13. The number of pyridine rings is 1. The molecule has 7 heteroatoms. The first kappa shape index (κ1) is 13.6. The molecule has 0 aliphatic carbocycles. The van der Waals surface area contributed by atoms with Gasteiger partial charge in [-0.1, -0.05) is 11.6 Å². The fraction of sp³-hybridized carbons (Fsp3) is 0.545. The van der Waals surface area contributed by atoms with Gasteiger partial charge in [0.25, 0.3) is 0 Å². The van der Waals surface area contributed by atoms with Crippen molar-refractivity contribution in [1.29, 1.82) is 0 Å². The van der Waals surface area contributed by atoms with E-state index >= 15 is 0 Å². The summed E-state index contributed by atoms with van der Waals surface area (Å²) in [5, 5.41) is 3.63. The predicted molar refractivity (Wildman–Crippen MR) is 72.9 cm³/mol. The van der Waals surface area contributed by atoms with Crippen molar-refractivity contribution in [3.05, 3.63) is 22.8 Å². The summed E-state index contributed by atoms with van der Waals surface area (Å²) >= 11 is 6.04. The molecule has 18 heavy (non-hydrogen) atoms. The zero-order valence-corrected chi connectivity index (χ0v) is 11.8. The first-order valence-electron chi connectivity index (χ1n) is 5.77. The molecule has 1 aliphatic rings. The molecule has 0 radical (unpaired) electrons. The molecule has 0 unspecified atom stereocenters. The molecular formula is C11H16ClN3O2S. The highest BCUT2D eigenvalue weighted by atomic mass is 35.5. The van der Waals surface area contributed by atoms with Crippen LogP contribution in [0.4, 0.5) is 5.82 Å². The van der Waals surface area contributed by atoms with Crippen molar-refractivity contribution in [3.8, 4) is 0 Å². The lowest BCUT2D eigenvalue weighted by molar-refractivity contribution is 0.586. The summed E-state index contributed by atoms with van der Waals surface area (Å²) in [6.07, 6.45) is 0. The van der Waals surface area contributed by atoms with Crippen LogP contribution in [0, 0.1) is 0 Å². The molecule has 1 aromatic heterocycles. The van der Waals surface area contributed by atoms with E-state index in [-0.39, 0.29) is 11.5 Å². The predicted octanol–water partition coefficient (Wildman–Crippen LogP) is 0.689. The monoisotopic (exact) mass is 289 g/mol. The number of sulfone groups is 1. The maximum Gasteiger partial charge on any atom is 0.153 e. The minimum atomic E-state index is -2.86. The maximum atomic E-state index is 11.4.